The van der Waals surface area contributed by atoms with Gasteiger partial charge < -0.3 is 31.7 Å². The first-order valence-corrected chi connectivity index (χ1v) is 12.0. The van der Waals surface area contributed by atoms with Crippen molar-refractivity contribution >= 4 is 29.5 Å². The zero-order chi connectivity index (χ0) is 25.2. The smallest absolute Gasteiger partial charge is 0.255 e. The molecule has 1 aromatic rings. The highest BCUT2D eigenvalue weighted by Crippen LogP contribution is 2.27. The molecule has 2 atom stereocenters. The first kappa shape index (κ1) is 26.0. The van der Waals surface area contributed by atoms with E-state index in [9.17, 15) is 24.0 Å². The lowest BCUT2D eigenvalue weighted by Crippen LogP contribution is -2.49. The third kappa shape index (κ3) is 8.58. The van der Waals surface area contributed by atoms with Crippen molar-refractivity contribution in [1.82, 2.24) is 21.3 Å². The number of carbonyl (C=O) groups excluding carboxylic acids is 5. The van der Waals surface area contributed by atoms with Crippen molar-refractivity contribution in [2.45, 2.75) is 57.0 Å². The lowest BCUT2D eigenvalue weighted by Gasteiger charge is -2.22. The molecular formula is C24H33N5O6. The van der Waals surface area contributed by atoms with Gasteiger partial charge in [-0.15, -0.1) is 0 Å². The molecule has 2 aliphatic rings. The maximum absolute atomic E-state index is 13.0. The van der Waals surface area contributed by atoms with E-state index in [0.717, 1.165) is 12.8 Å². The van der Waals surface area contributed by atoms with E-state index in [1.54, 1.807) is 24.3 Å². The van der Waals surface area contributed by atoms with Crippen LogP contribution >= 0.6 is 0 Å². The van der Waals surface area contributed by atoms with Crippen LogP contribution in [0, 0.1) is 5.92 Å². The molecule has 11 heteroatoms. The Morgan fingerprint density at radius 2 is 1.86 bits per heavy atom. The molecule has 0 radical (unpaired) electrons. The molecule has 6 N–H and O–H groups in total. The Morgan fingerprint density at radius 3 is 2.60 bits per heavy atom. The second-order valence-corrected chi connectivity index (χ2v) is 8.87. The van der Waals surface area contributed by atoms with Crippen LogP contribution in [0.15, 0.2) is 24.3 Å². The van der Waals surface area contributed by atoms with Gasteiger partial charge in [-0.2, -0.15) is 0 Å². The van der Waals surface area contributed by atoms with E-state index in [-0.39, 0.29) is 50.3 Å². The van der Waals surface area contributed by atoms with Crippen LogP contribution < -0.4 is 31.7 Å². The van der Waals surface area contributed by atoms with E-state index in [1.807, 2.05) is 0 Å². The SMILES string of the molecule is NC(=O)CC[C@@H]1NC(=O)CC[C@@H](C(=O)NCC2CC2)NC(=O)c2ccccc2OCCCNC1=O. The summed E-state index contributed by atoms with van der Waals surface area (Å²) < 4.78 is 5.76. The van der Waals surface area contributed by atoms with Gasteiger partial charge in [0, 0.05) is 25.9 Å². The highest BCUT2D eigenvalue weighted by atomic mass is 16.5. The second-order valence-electron chi connectivity index (χ2n) is 8.87. The maximum atomic E-state index is 13.0. The lowest BCUT2D eigenvalue weighted by molar-refractivity contribution is -0.130. The van der Waals surface area contributed by atoms with Gasteiger partial charge in [0.1, 0.15) is 17.8 Å². The molecule has 1 aliphatic heterocycles. The van der Waals surface area contributed by atoms with Gasteiger partial charge in [0.15, 0.2) is 0 Å². The summed E-state index contributed by atoms with van der Waals surface area (Å²) in [4.78, 5) is 62.3. The minimum Gasteiger partial charge on any atom is -0.493 e. The van der Waals surface area contributed by atoms with Crippen LogP contribution in [0.25, 0.3) is 0 Å². The molecule has 190 valence electrons. The Morgan fingerprint density at radius 1 is 1.09 bits per heavy atom. The zero-order valence-corrected chi connectivity index (χ0v) is 19.6. The van der Waals surface area contributed by atoms with Crippen molar-refractivity contribution in [2.75, 3.05) is 19.7 Å². The molecule has 1 saturated carbocycles. The van der Waals surface area contributed by atoms with Gasteiger partial charge in [-0.1, -0.05) is 12.1 Å². The number of hydrogen-bond acceptors (Lipinski definition) is 6. The number of benzene rings is 1. The third-order valence-corrected chi connectivity index (χ3v) is 5.88. The minimum absolute atomic E-state index is 0.0290. The summed E-state index contributed by atoms with van der Waals surface area (Å²) in [7, 11) is 0. The van der Waals surface area contributed by atoms with Crippen molar-refractivity contribution in [3.63, 3.8) is 0 Å². The number of carbonyl (C=O) groups is 5. The third-order valence-electron chi connectivity index (χ3n) is 5.88. The Hall–Kier alpha value is -3.63. The summed E-state index contributed by atoms with van der Waals surface area (Å²) in [6.45, 7) is 1.03. The largest absolute Gasteiger partial charge is 0.493 e. The van der Waals surface area contributed by atoms with E-state index in [4.69, 9.17) is 10.5 Å². The number of rotatable bonds is 6. The van der Waals surface area contributed by atoms with Crippen molar-refractivity contribution < 1.29 is 28.7 Å². The number of hydrogen-bond donors (Lipinski definition) is 5. The van der Waals surface area contributed by atoms with Crippen LogP contribution in [0.5, 0.6) is 5.75 Å². The molecule has 0 unspecified atom stereocenters. The second kappa shape index (κ2) is 12.7. The highest BCUT2D eigenvalue weighted by Gasteiger charge is 2.28. The normalized spacial score (nSPS) is 22.0. The van der Waals surface area contributed by atoms with Crippen LogP contribution in [-0.2, 0) is 19.2 Å². The molecule has 11 nitrogen and oxygen atoms in total. The first-order valence-electron chi connectivity index (χ1n) is 12.0. The molecule has 0 saturated heterocycles. The molecule has 1 aliphatic carbocycles. The Kier molecular flexibility index (Phi) is 9.45. The van der Waals surface area contributed by atoms with Crippen LogP contribution in [0.1, 0.15) is 55.3 Å². The number of nitrogens with two attached hydrogens (primary N) is 1. The average Bonchev–Trinajstić information content (AvgIpc) is 3.66. The summed E-state index contributed by atoms with van der Waals surface area (Å²) >= 11 is 0. The first-order chi connectivity index (χ1) is 16.8. The van der Waals surface area contributed by atoms with E-state index in [0.29, 0.717) is 24.6 Å². The fourth-order valence-electron chi connectivity index (χ4n) is 3.66. The fourth-order valence-corrected chi connectivity index (χ4v) is 3.66. The van der Waals surface area contributed by atoms with Crippen LogP contribution in [0.4, 0.5) is 0 Å². The average molecular weight is 488 g/mol. The van der Waals surface area contributed by atoms with Gasteiger partial charge in [-0.05, 0) is 50.2 Å². The van der Waals surface area contributed by atoms with Gasteiger partial charge in [-0.25, -0.2) is 0 Å². The summed E-state index contributed by atoms with van der Waals surface area (Å²) in [6, 6.07) is 4.80. The molecule has 5 amide bonds. The van der Waals surface area contributed by atoms with Crippen LogP contribution in [0.2, 0.25) is 0 Å². The highest BCUT2D eigenvalue weighted by molar-refractivity contribution is 5.99. The molecule has 0 aromatic heterocycles. The molecule has 1 fully saturated rings. The van der Waals surface area contributed by atoms with Gasteiger partial charge in [0.25, 0.3) is 5.91 Å². The molecular weight excluding hydrogens is 454 g/mol. The predicted octanol–water partition coefficient (Wildman–Crippen LogP) is -0.260. The summed E-state index contributed by atoms with van der Waals surface area (Å²) in [5.41, 5.74) is 5.48. The topological polar surface area (TPSA) is 169 Å². The molecule has 1 heterocycles. The lowest BCUT2D eigenvalue weighted by atomic mass is 10.1. The fraction of sp³-hybridized carbons (Fsp3) is 0.542. The van der Waals surface area contributed by atoms with Crippen LogP contribution in [-0.4, -0.2) is 61.3 Å². The van der Waals surface area contributed by atoms with Crippen molar-refractivity contribution in [3.8, 4) is 5.75 Å². The molecule has 0 bridgehead atoms. The molecule has 3 rings (SSSR count). The van der Waals surface area contributed by atoms with Crippen LogP contribution in [0.3, 0.4) is 0 Å². The summed E-state index contributed by atoms with van der Waals surface area (Å²) in [5.74, 6) is -1.53. The number of nitrogens with one attached hydrogen (secondary N) is 4. The van der Waals surface area contributed by atoms with Crippen molar-refractivity contribution in [1.29, 1.82) is 0 Å². The Balaban J connectivity index is 1.76. The number of para-hydroxylation sites is 1. The standard InChI is InChI=1S/C24H33N5O6/c25-20(30)10-8-17-23(33)26-12-3-13-35-19-5-2-1-4-16(19)22(32)29-18(9-11-21(31)28-17)24(34)27-14-15-6-7-15/h1-2,4-5,15,17-18H,3,6-14H2,(H2,25,30)(H,26,33)(H,27,34)(H,28,31)(H,29,32)/t17-,18-/m0/s1. The quantitative estimate of drug-likeness (QED) is 0.370. The monoisotopic (exact) mass is 487 g/mol. The van der Waals surface area contributed by atoms with E-state index >= 15 is 0 Å². The molecule has 1 aromatic carbocycles. The van der Waals surface area contributed by atoms with Gasteiger partial charge >= 0.3 is 0 Å². The summed E-state index contributed by atoms with van der Waals surface area (Å²) in [6.07, 6.45) is 2.46. The Bertz CT molecular complexity index is 948. The van der Waals surface area contributed by atoms with Crippen molar-refractivity contribution in [3.05, 3.63) is 29.8 Å². The van der Waals surface area contributed by atoms with E-state index in [2.05, 4.69) is 21.3 Å². The predicted molar refractivity (Wildman–Crippen MR) is 126 cm³/mol. The van der Waals surface area contributed by atoms with E-state index < -0.39 is 35.7 Å². The molecule has 0 spiro atoms. The number of amides is 5. The summed E-state index contributed by atoms with van der Waals surface area (Å²) in [5, 5.41) is 10.9. The maximum Gasteiger partial charge on any atom is 0.255 e. The zero-order valence-electron chi connectivity index (χ0n) is 19.6. The van der Waals surface area contributed by atoms with Gasteiger partial charge in [0.2, 0.25) is 23.6 Å². The number of ether oxygens (including phenoxy) is 1. The van der Waals surface area contributed by atoms with Gasteiger partial charge in [-0.3, -0.25) is 24.0 Å². The van der Waals surface area contributed by atoms with Crippen molar-refractivity contribution in [2.24, 2.45) is 11.7 Å². The number of fused-ring (bicyclic) bond motifs is 1. The molecule has 35 heavy (non-hydrogen) atoms. The number of primary amides is 1. The van der Waals surface area contributed by atoms with Gasteiger partial charge in [0.05, 0.1) is 12.2 Å². The minimum atomic E-state index is -0.953. The Labute approximate surface area is 203 Å². The van der Waals surface area contributed by atoms with E-state index in [1.165, 1.54) is 0 Å².